The number of aliphatic hydroxyl groups is 1. The molecule has 0 radical (unpaired) electrons. The number of carbonyl (C=O) groups is 1. The molecule has 6 heteroatoms. The van der Waals surface area contributed by atoms with Gasteiger partial charge in [-0.3, -0.25) is 9.48 Å². The van der Waals surface area contributed by atoms with Gasteiger partial charge in [0, 0.05) is 11.3 Å². The van der Waals surface area contributed by atoms with Crippen LogP contribution in [-0.4, -0.2) is 40.5 Å². The molecule has 2 aromatic rings. The third kappa shape index (κ3) is 4.32. The number of methoxy groups -OCH3 is 1. The zero-order valence-electron chi connectivity index (χ0n) is 13.9. The fourth-order valence-electron chi connectivity index (χ4n) is 2.30. The van der Waals surface area contributed by atoms with Crippen LogP contribution in [-0.2, 0) is 6.54 Å². The maximum absolute atomic E-state index is 11.4. The molecule has 0 spiro atoms. The molecule has 6 nitrogen and oxygen atoms in total. The Morgan fingerprint density at radius 2 is 2.04 bits per heavy atom. The maximum Gasteiger partial charge on any atom is 0.161 e. The number of benzene rings is 1. The van der Waals surface area contributed by atoms with Crippen molar-refractivity contribution in [2.75, 3.05) is 13.7 Å². The molecule has 0 saturated carbocycles. The first kappa shape index (κ1) is 17.0. The summed E-state index contributed by atoms with van der Waals surface area (Å²) in [6.07, 6.45) is -0.704. The van der Waals surface area contributed by atoms with Crippen LogP contribution in [0.1, 0.15) is 28.7 Å². The number of ether oxygens (including phenoxy) is 2. The molecule has 1 N–H and O–H groups in total. The number of hydrogen-bond donors (Lipinski definition) is 1. The Kier molecular flexibility index (Phi) is 5.39. The molecule has 0 saturated heterocycles. The molecule has 0 aliphatic carbocycles. The smallest absolute Gasteiger partial charge is 0.161 e. The highest BCUT2D eigenvalue weighted by molar-refractivity contribution is 5.94. The summed E-state index contributed by atoms with van der Waals surface area (Å²) in [6.45, 7) is 5.81. The monoisotopic (exact) mass is 318 g/mol. The Morgan fingerprint density at radius 3 is 2.61 bits per heavy atom. The van der Waals surface area contributed by atoms with E-state index in [1.807, 2.05) is 19.9 Å². The largest absolute Gasteiger partial charge is 0.493 e. The summed E-state index contributed by atoms with van der Waals surface area (Å²) in [5.74, 6) is 0.917. The summed E-state index contributed by atoms with van der Waals surface area (Å²) in [7, 11) is 1.51. The van der Waals surface area contributed by atoms with E-state index in [4.69, 9.17) is 9.47 Å². The van der Waals surface area contributed by atoms with E-state index in [2.05, 4.69) is 5.10 Å². The first-order valence-corrected chi connectivity index (χ1v) is 7.41. The quantitative estimate of drug-likeness (QED) is 0.792. The molecule has 1 unspecified atom stereocenters. The van der Waals surface area contributed by atoms with Crippen LogP contribution in [0, 0.1) is 13.8 Å². The molecule has 0 bridgehead atoms. The number of rotatable bonds is 7. The summed E-state index contributed by atoms with van der Waals surface area (Å²) in [5.41, 5.74) is 2.46. The molecule has 0 amide bonds. The summed E-state index contributed by atoms with van der Waals surface area (Å²) in [6, 6.07) is 6.93. The molecule has 1 atom stereocenters. The van der Waals surface area contributed by atoms with Gasteiger partial charge in [0.2, 0.25) is 0 Å². The van der Waals surface area contributed by atoms with Gasteiger partial charge in [-0.25, -0.2) is 0 Å². The zero-order chi connectivity index (χ0) is 17.0. The van der Waals surface area contributed by atoms with Crippen LogP contribution in [0.4, 0.5) is 0 Å². The second-order valence-corrected chi connectivity index (χ2v) is 5.50. The van der Waals surface area contributed by atoms with Gasteiger partial charge in [-0.2, -0.15) is 5.10 Å². The first-order chi connectivity index (χ1) is 10.9. The summed E-state index contributed by atoms with van der Waals surface area (Å²) in [5, 5.41) is 14.4. The number of Topliss-reactive ketones (excluding diaryl/α,β-unsaturated/α-hetero) is 1. The standard InChI is InChI=1S/C17H22N2O4/c1-11-7-12(2)19(18-11)9-15(21)10-23-16-6-5-14(13(3)20)8-17(16)22-4/h5-8,15,21H,9-10H2,1-4H3. The number of nitrogens with zero attached hydrogens (tertiary/aromatic N) is 2. The molecule has 2 rings (SSSR count). The van der Waals surface area contributed by atoms with E-state index in [-0.39, 0.29) is 12.4 Å². The van der Waals surface area contributed by atoms with Gasteiger partial charge >= 0.3 is 0 Å². The fraction of sp³-hybridized carbons (Fsp3) is 0.412. The van der Waals surface area contributed by atoms with Gasteiger partial charge in [0.15, 0.2) is 17.3 Å². The lowest BCUT2D eigenvalue weighted by Crippen LogP contribution is -2.25. The average Bonchev–Trinajstić information content (AvgIpc) is 2.82. The normalized spacial score (nSPS) is 12.0. The van der Waals surface area contributed by atoms with Gasteiger partial charge < -0.3 is 14.6 Å². The summed E-state index contributed by atoms with van der Waals surface area (Å²) < 4.78 is 12.6. The minimum absolute atomic E-state index is 0.0422. The maximum atomic E-state index is 11.4. The van der Waals surface area contributed by atoms with Crippen LogP contribution >= 0.6 is 0 Å². The number of hydrogen-bond acceptors (Lipinski definition) is 5. The SMILES string of the molecule is COc1cc(C(C)=O)ccc1OCC(O)Cn1nc(C)cc1C. The van der Waals surface area contributed by atoms with Crippen LogP contribution in [0.3, 0.4) is 0 Å². The van der Waals surface area contributed by atoms with Crippen molar-refractivity contribution in [3.8, 4) is 11.5 Å². The van der Waals surface area contributed by atoms with E-state index in [1.165, 1.54) is 14.0 Å². The third-order valence-electron chi connectivity index (χ3n) is 3.49. The van der Waals surface area contributed by atoms with Crippen molar-refractivity contribution < 1.29 is 19.4 Å². The lowest BCUT2D eigenvalue weighted by molar-refractivity contribution is 0.0872. The van der Waals surface area contributed by atoms with Crippen molar-refractivity contribution in [1.82, 2.24) is 9.78 Å². The van der Waals surface area contributed by atoms with Gasteiger partial charge in [0.05, 0.1) is 19.3 Å². The summed E-state index contributed by atoms with van der Waals surface area (Å²) in [4.78, 5) is 11.4. The van der Waals surface area contributed by atoms with Crippen molar-refractivity contribution in [2.24, 2.45) is 0 Å². The van der Waals surface area contributed by atoms with Gasteiger partial charge in [-0.05, 0) is 45.0 Å². The highest BCUT2D eigenvalue weighted by atomic mass is 16.5. The first-order valence-electron chi connectivity index (χ1n) is 7.41. The molecule has 1 aromatic heterocycles. The highest BCUT2D eigenvalue weighted by Gasteiger charge is 2.13. The topological polar surface area (TPSA) is 73.6 Å². The van der Waals surface area contributed by atoms with Gasteiger partial charge in [-0.1, -0.05) is 0 Å². The zero-order valence-corrected chi connectivity index (χ0v) is 13.9. The molecule has 23 heavy (non-hydrogen) atoms. The minimum Gasteiger partial charge on any atom is -0.493 e. The molecular formula is C17H22N2O4. The van der Waals surface area contributed by atoms with Crippen molar-refractivity contribution in [1.29, 1.82) is 0 Å². The number of aryl methyl sites for hydroxylation is 2. The molecule has 124 valence electrons. The van der Waals surface area contributed by atoms with E-state index in [1.54, 1.807) is 22.9 Å². The van der Waals surface area contributed by atoms with Crippen LogP contribution in [0.15, 0.2) is 24.3 Å². The Bertz CT molecular complexity index is 694. The fourth-order valence-corrected chi connectivity index (χ4v) is 2.30. The van der Waals surface area contributed by atoms with Crippen molar-refractivity contribution in [3.05, 3.63) is 41.2 Å². The lowest BCUT2D eigenvalue weighted by atomic mass is 10.1. The average molecular weight is 318 g/mol. The van der Waals surface area contributed by atoms with Gasteiger partial charge in [0.25, 0.3) is 0 Å². The Morgan fingerprint density at radius 1 is 1.30 bits per heavy atom. The number of aromatic nitrogens is 2. The molecular weight excluding hydrogens is 296 g/mol. The Labute approximate surface area is 135 Å². The van der Waals surface area contributed by atoms with Gasteiger partial charge in [-0.15, -0.1) is 0 Å². The van der Waals surface area contributed by atoms with Crippen molar-refractivity contribution in [3.63, 3.8) is 0 Å². The predicted octanol–water partition coefficient (Wildman–Crippen LogP) is 2.15. The number of aliphatic hydroxyl groups excluding tert-OH is 1. The van der Waals surface area contributed by atoms with Crippen LogP contribution in [0.25, 0.3) is 0 Å². The van der Waals surface area contributed by atoms with E-state index in [0.717, 1.165) is 11.4 Å². The van der Waals surface area contributed by atoms with E-state index in [9.17, 15) is 9.90 Å². The molecule has 1 heterocycles. The Hall–Kier alpha value is -2.34. The number of ketones is 1. The third-order valence-corrected chi connectivity index (χ3v) is 3.49. The highest BCUT2D eigenvalue weighted by Crippen LogP contribution is 2.28. The molecule has 0 aliphatic heterocycles. The molecule has 1 aromatic carbocycles. The molecule has 0 fully saturated rings. The molecule has 0 aliphatic rings. The summed E-state index contributed by atoms with van der Waals surface area (Å²) >= 11 is 0. The van der Waals surface area contributed by atoms with Crippen LogP contribution in [0.5, 0.6) is 11.5 Å². The second kappa shape index (κ2) is 7.28. The minimum atomic E-state index is -0.704. The van der Waals surface area contributed by atoms with Crippen LogP contribution < -0.4 is 9.47 Å². The van der Waals surface area contributed by atoms with E-state index < -0.39 is 6.10 Å². The van der Waals surface area contributed by atoms with Crippen molar-refractivity contribution >= 4 is 5.78 Å². The van der Waals surface area contributed by atoms with Crippen LogP contribution in [0.2, 0.25) is 0 Å². The Balaban J connectivity index is 1.99. The van der Waals surface area contributed by atoms with Gasteiger partial charge in [0.1, 0.15) is 12.7 Å². The number of carbonyl (C=O) groups excluding carboxylic acids is 1. The second-order valence-electron chi connectivity index (χ2n) is 5.50. The van der Waals surface area contributed by atoms with E-state index in [0.29, 0.717) is 23.6 Å². The van der Waals surface area contributed by atoms with Crippen molar-refractivity contribution in [2.45, 2.75) is 33.4 Å². The van der Waals surface area contributed by atoms with E-state index >= 15 is 0 Å². The predicted molar refractivity (Wildman–Crippen MR) is 86.2 cm³/mol. The lowest BCUT2D eigenvalue weighted by Gasteiger charge is -2.15.